The fourth-order valence-electron chi connectivity index (χ4n) is 0.581. The number of primary amides is 1. The number of nitrogens with one attached hydrogen (secondary N) is 1. The fraction of sp³-hybridized carbons (Fsp3) is 0.600. The van der Waals surface area contributed by atoms with Crippen molar-refractivity contribution < 1.29 is 4.79 Å². The van der Waals surface area contributed by atoms with E-state index in [0.717, 1.165) is 18.6 Å². The zero-order valence-corrected chi connectivity index (χ0v) is 5.05. The van der Waals surface area contributed by atoms with Gasteiger partial charge in [0.25, 0.3) is 0 Å². The van der Waals surface area contributed by atoms with Crippen LogP contribution in [0.3, 0.4) is 0 Å². The number of hydrogen-bond acceptors (Lipinski definition) is 2. The number of hydrazone groups is 1. The van der Waals surface area contributed by atoms with Crippen molar-refractivity contribution in [2.24, 2.45) is 10.8 Å². The van der Waals surface area contributed by atoms with Crippen molar-refractivity contribution in [3.05, 3.63) is 0 Å². The van der Waals surface area contributed by atoms with Gasteiger partial charge in [-0.3, -0.25) is 0 Å². The van der Waals surface area contributed by atoms with Gasteiger partial charge in [0, 0.05) is 5.71 Å². The molecule has 0 spiro atoms. The average molecular weight is 127 g/mol. The molecule has 4 nitrogen and oxygen atoms in total. The van der Waals surface area contributed by atoms with E-state index in [4.69, 9.17) is 5.73 Å². The first-order valence-electron chi connectivity index (χ1n) is 2.90. The van der Waals surface area contributed by atoms with E-state index in [9.17, 15) is 4.79 Å². The lowest BCUT2D eigenvalue weighted by Gasteiger charge is -2.12. The van der Waals surface area contributed by atoms with E-state index in [-0.39, 0.29) is 0 Å². The standard InChI is InChI=1S/C5H9N3O/c6-5(9)8-7-4-2-1-3-4/h1-3H2,(H3,6,8,9). The Morgan fingerprint density at radius 3 is 2.67 bits per heavy atom. The first-order valence-corrected chi connectivity index (χ1v) is 2.90. The number of nitrogens with two attached hydrogens (primary N) is 1. The molecule has 1 fully saturated rings. The molecule has 0 saturated heterocycles. The van der Waals surface area contributed by atoms with Gasteiger partial charge in [0.15, 0.2) is 0 Å². The van der Waals surface area contributed by atoms with E-state index >= 15 is 0 Å². The monoisotopic (exact) mass is 127 g/mol. The Kier molecular flexibility index (Phi) is 1.67. The van der Waals surface area contributed by atoms with Crippen LogP contribution in [0.2, 0.25) is 0 Å². The third-order valence-electron chi connectivity index (χ3n) is 1.25. The number of carbonyl (C=O) groups excluding carboxylic acids is 1. The van der Waals surface area contributed by atoms with Crippen LogP contribution in [0.25, 0.3) is 0 Å². The Balaban J connectivity index is 2.22. The van der Waals surface area contributed by atoms with Crippen LogP contribution in [-0.2, 0) is 0 Å². The third-order valence-corrected chi connectivity index (χ3v) is 1.25. The van der Waals surface area contributed by atoms with Gasteiger partial charge in [0.1, 0.15) is 0 Å². The van der Waals surface area contributed by atoms with Crippen LogP contribution in [0.15, 0.2) is 5.10 Å². The van der Waals surface area contributed by atoms with Crippen molar-refractivity contribution in [1.82, 2.24) is 5.43 Å². The molecule has 0 aromatic carbocycles. The minimum absolute atomic E-state index is 0.589. The average Bonchev–Trinajstić information content (AvgIpc) is 1.60. The van der Waals surface area contributed by atoms with Crippen LogP contribution < -0.4 is 11.2 Å². The second-order valence-electron chi connectivity index (χ2n) is 2.01. The normalized spacial score (nSPS) is 16.2. The zero-order chi connectivity index (χ0) is 6.69. The molecule has 1 saturated carbocycles. The van der Waals surface area contributed by atoms with Crippen LogP contribution in [0.5, 0.6) is 0 Å². The smallest absolute Gasteiger partial charge is 0.332 e. The maximum Gasteiger partial charge on any atom is 0.332 e. The first-order chi connectivity index (χ1) is 4.29. The Labute approximate surface area is 53.1 Å². The molecule has 3 N–H and O–H groups in total. The largest absolute Gasteiger partial charge is 0.350 e. The highest BCUT2D eigenvalue weighted by molar-refractivity contribution is 5.90. The van der Waals surface area contributed by atoms with Crippen molar-refractivity contribution in [2.75, 3.05) is 0 Å². The summed E-state index contributed by atoms with van der Waals surface area (Å²) >= 11 is 0. The molecule has 50 valence electrons. The van der Waals surface area contributed by atoms with Gasteiger partial charge in [0.05, 0.1) is 0 Å². The predicted molar refractivity (Wildman–Crippen MR) is 34.0 cm³/mol. The van der Waals surface area contributed by atoms with Gasteiger partial charge in [-0.05, 0) is 19.3 Å². The number of hydrogen-bond donors (Lipinski definition) is 2. The van der Waals surface area contributed by atoms with Gasteiger partial charge < -0.3 is 5.73 Å². The summed E-state index contributed by atoms with van der Waals surface area (Å²) in [6, 6.07) is -0.589. The van der Waals surface area contributed by atoms with E-state index in [1.54, 1.807) is 0 Å². The minimum Gasteiger partial charge on any atom is -0.350 e. The Bertz CT molecular complexity index is 146. The molecule has 0 unspecified atom stereocenters. The van der Waals surface area contributed by atoms with Crippen molar-refractivity contribution in [2.45, 2.75) is 19.3 Å². The molecule has 1 rings (SSSR count). The summed E-state index contributed by atoms with van der Waals surface area (Å²) in [4.78, 5) is 10.0. The van der Waals surface area contributed by atoms with Crippen molar-refractivity contribution in [3.8, 4) is 0 Å². The lowest BCUT2D eigenvalue weighted by Crippen LogP contribution is -2.27. The summed E-state index contributed by atoms with van der Waals surface area (Å²) in [5.41, 5.74) is 7.97. The van der Waals surface area contributed by atoms with Crippen LogP contribution >= 0.6 is 0 Å². The minimum atomic E-state index is -0.589. The molecule has 1 aliphatic carbocycles. The third kappa shape index (κ3) is 1.71. The summed E-state index contributed by atoms with van der Waals surface area (Å²) in [5, 5.41) is 3.72. The van der Waals surface area contributed by atoms with Crippen LogP contribution in [0, 0.1) is 0 Å². The van der Waals surface area contributed by atoms with Crippen LogP contribution in [-0.4, -0.2) is 11.7 Å². The fourth-order valence-corrected chi connectivity index (χ4v) is 0.581. The van der Waals surface area contributed by atoms with Crippen LogP contribution in [0.4, 0.5) is 4.79 Å². The van der Waals surface area contributed by atoms with Gasteiger partial charge in [-0.1, -0.05) is 0 Å². The van der Waals surface area contributed by atoms with E-state index in [1.165, 1.54) is 6.42 Å². The highest BCUT2D eigenvalue weighted by Crippen LogP contribution is 2.12. The highest BCUT2D eigenvalue weighted by atomic mass is 16.2. The highest BCUT2D eigenvalue weighted by Gasteiger charge is 2.09. The number of nitrogens with zero attached hydrogens (tertiary/aromatic N) is 1. The van der Waals surface area contributed by atoms with Crippen molar-refractivity contribution in [1.29, 1.82) is 0 Å². The SMILES string of the molecule is NC(=O)NN=C1CCC1. The molecule has 0 heterocycles. The lowest BCUT2D eigenvalue weighted by atomic mass is 9.98. The number of carbonyl (C=O) groups is 1. The zero-order valence-electron chi connectivity index (χ0n) is 5.05. The Morgan fingerprint density at radius 2 is 2.33 bits per heavy atom. The van der Waals surface area contributed by atoms with E-state index in [1.807, 2.05) is 0 Å². The predicted octanol–water partition coefficient (Wildman–Crippen LogP) is 0.195. The number of amides is 2. The first kappa shape index (κ1) is 6.07. The molecule has 0 aromatic rings. The number of urea groups is 1. The molecule has 1 aliphatic rings. The molecular formula is C5H9N3O. The van der Waals surface area contributed by atoms with Gasteiger partial charge in [-0.15, -0.1) is 0 Å². The quantitative estimate of drug-likeness (QED) is 0.485. The van der Waals surface area contributed by atoms with Crippen LogP contribution in [0.1, 0.15) is 19.3 Å². The molecule has 0 bridgehead atoms. The summed E-state index contributed by atoms with van der Waals surface area (Å²) < 4.78 is 0. The van der Waals surface area contributed by atoms with Gasteiger partial charge in [-0.2, -0.15) is 5.10 Å². The number of rotatable bonds is 1. The summed E-state index contributed by atoms with van der Waals surface area (Å²) in [6.45, 7) is 0. The molecular weight excluding hydrogens is 118 g/mol. The lowest BCUT2D eigenvalue weighted by molar-refractivity contribution is 0.249. The van der Waals surface area contributed by atoms with Gasteiger partial charge in [-0.25, -0.2) is 10.2 Å². The van der Waals surface area contributed by atoms with Crippen molar-refractivity contribution >= 4 is 11.7 Å². The molecule has 0 atom stereocenters. The second-order valence-corrected chi connectivity index (χ2v) is 2.01. The Morgan fingerprint density at radius 1 is 1.67 bits per heavy atom. The summed E-state index contributed by atoms with van der Waals surface area (Å²) in [6.07, 6.45) is 3.18. The maximum absolute atomic E-state index is 10.0. The van der Waals surface area contributed by atoms with E-state index in [2.05, 4.69) is 10.5 Å². The summed E-state index contributed by atoms with van der Waals surface area (Å²) in [5.74, 6) is 0. The van der Waals surface area contributed by atoms with E-state index < -0.39 is 6.03 Å². The molecule has 0 radical (unpaired) electrons. The molecule has 9 heavy (non-hydrogen) atoms. The maximum atomic E-state index is 10.0. The summed E-state index contributed by atoms with van der Waals surface area (Å²) in [7, 11) is 0. The molecule has 0 aliphatic heterocycles. The van der Waals surface area contributed by atoms with Gasteiger partial charge in [0.2, 0.25) is 0 Å². The second kappa shape index (κ2) is 2.48. The van der Waals surface area contributed by atoms with Gasteiger partial charge >= 0.3 is 6.03 Å². The molecule has 0 aromatic heterocycles. The Hall–Kier alpha value is -1.06. The topological polar surface area (TPSA) is 67.5 Å². The van der Waals surface area contributed by atoms with E-state index in [0.29, 0.717) is 0 Å². The molecule has 4 heteroatoms. The molecule has 2 amide bonds. The van der Waals surface area contributed by atoms with Crippen molar-refractivity contribution in [3.63, 3.8) is 0 Å².